The number of nitro benzene ring substituents is 1. The van der Waals surface area contributed by atoms with Gasteiger partial charge in [0.15, 0.2) is 0 Å². The van der Waals surface area contributed by atoms with E-state index in [-0.39, 0.29) is 28.4 Å². The molecule has 0 spiro atoms. The Labute approximate surface area is 186 Å². The number of hydrogen-bond donors (Lipinski definition) is 0. The number of esters is 1. The normalized spacial score (nSPS) is 11.0. The monoisotopic (exact) mass is 454 g/mol. The number of benzene rings is 3. The van der Waals surface area contributed by atoms with Crippen molar-refractivity contribution in [3.8, 4) is 5.75 Å². The summed E-state index contributed by atoms with van der Waals surface area (Å²) < 4.78 is 33.3. The molecular weight excluding hydrogens is 432 g/mol. The molecule has 0 fully saturated rings. The maximum absolute atomic E-state index is 13.4. The van der Waals surface area contributed by atoms with E-state index in [9.17, 15) is 23.3 Å². The zero-order valence-electron chi connectivity index (χ0n) is 17.4. The van der Waals surface area contributed by atoms with Crippen molar-refractivity contribution in [2.75, 3.05) is 10.8 Å². The first-order valence-corrected chi connectivity index (χ1v) is 11.4. The number of carbonyl (C=O) groups is 1. The van der Waals surface area contributed by atoms with E-state index in [1.807, 2.05) is 6.92 Å². The summed E-state index contributed by atoms with van der Waals surface area (Å²) in [6, 6.07) is 19.7. The zero-order valence-corrected chi connectivity index (χ0v) is 18.2. The van der Waals surface area contributed by atoms with Crippen molar-refractivity contribution in [3.63, 3.8) is 0 Å². The van der Waals surface area contributed by atoms with Crippen molar-refractivity contribution in [2.45, 2.75) is 24.7 Å². The van der Waals surface area contributed by atoms with Crippen LogP contribution in [0.25, 0.3) is 0 Å². The van der Waals surface area contributed by atoms with E-state index in [0.29, 0.717) is 12.1 Å². The highest BCUT2D eigenvalue weighted by Gasteiger charge is 2.26. The van der Waals surface area contributed by atoms with E-state index in [2.05, 4.69) is 0 Å². The molecule has 0 heterocycles. The number of unbranched alkanes of at least 4 members (excludes halogenated alkanes) is 1. The first-order chi connectivity index (χ1) is 15.3. The molecule has 0 aliphatic rings. The van der Waals surface area contributed by atoms with E-state index < -0.39 is 20.9 Å². The van der Waals surface area contributed by atoms with Crippen LogP contribution in [-0.4, -0.2) is 25.9 Å². The Morgan fingerprint density at radius 2 is 1.69 bits per heavy atom. The van der Waals surface area contributed by atoms with Crippen LogP contribution < -0.4 is 9.04 Å². The van der Waals surface area contributed by atoms with E-state index >= 15 is 0 Å². The lowest BCUT2D eigenvalue weighted by atomic mass is 10.2. The predicted octanol–water partition coefficient (Wildman–Crippen LogP) is 4.81. The van der Waals surface area contributed by atoms with Crippen LogP contribution in [0.5, 0.6) is 5.75 Å². The molecule has 3 aromatic carbocycles. The Hall–Kier alpha value is -3.72. The van der Waals surface area contributed by atoms with Crippen LogP contribution in [-0.2, 0) is 10.0 Å². The molecule has 0 aromatic heterocycles. The lowest BCUT2D eigenvalue weighted by molar-refractivity contribution is -0.385. The first kappa shape index (κ1) is 23.0. The number of anilines is 1. The Balaban J connectivity index is 1.93. The Kier molecular flexibility index (Phi) is 7.21. The molecule has 9 heteroatoms. The second-order valence-corrected chi connectivity index (χ2v) is 8.77. The first-order valence-electron chi connectivity index (χ1n) is 9.98. The molecule has 0 aliphatic heterocycles. The van der Waals surface area contributed by atoms with Crippen LogP contribution >= 0.6 is 0 Å². The van der Waals surface area contributed by atoms with Gasteiger partial charge in [-0.05, 0) is 42.8 Å². The smallest absolute Gasteiger partial charge is 0.343 e. The highest BCUT2D eigenvalue weighted by molar-refractivity contribution is 7.92. The summed E-state index contributed by atoms with van der Waals surface area (Å²) in [5.74, 6) is -1.11. The fourth-order valence-electron chi connectivity index (χ4n) is 3.05. The zero-order chi connectivity index (χ0) is 23.1. The second-order valence-electron chi connectivity index (χ2n) is 6.91. The SMILES string of the molecule is CCCCN(c1ccccc1)S(=O)(=O)c1cccc(C(=O)Oc2ccccc2[N+](=O)[O-])c1. The van der Waals surface area contributed by atoms with Gasteiger partial charge in [0.1, 0.15) is 0 Å². The number of sulfonamides is 1. The van der Waals surface area contributed by atoms with Crippen LogP contribution in [0.3, 0.4) is 0 Å². The highest BCUT2D eigenvalue weighted by Crippen LogP contribution is 2.28. The van der Waals surface area contributed by atoms with Gasteiger partial charge in [-0.1, -0.05) is 49.7 Å². The summed E-state index contributed by atoms with van der Waals surface area (Å²) in [5.41, 5.74) is 0.126. The van der Waals surface area contributed by atoms with Crippen LogP contribution in [0.2, 0.25) is 0 Å². The van der Waals surface area contributed by atoms with Crippen molar-refractivity contribution in [2.24, 2.45) is 0 Å². The molecule has 0 radical (unpaired) electrons. The molecule has 0 atom stereocenters. The molecule has 0 unspecified atom stereocenters. The average Bonchev–Trinajstić information content (AvgIpc) is 2.80. The Morgan fingerprint density at radius 3 is 2.38 bits per heavy atom. The maximum atomic E-state index is 13.4. The number of carbonyl (C=O) groups excluding carboxylic acids is 1. The molecule has 166 valence electrons. The third-order valence-corrected chi connectivity index (χ3v) is 6.50. The second kappa shape index (κ2) is 10.1. The molecule has 32 heavy (non-hydrogen) atoms. The van der Waals surface area contributed by atoms with E-state index in [4.69, 9.17) is 4.74 Å². The van der Waals surface area contributed by atoms with Crippen molar-refractivity contribution in [3.05, 3.63) is 94.5 Å². The largest absolute Gasteiger partial charge is 0.416 e. The van der Waals surface area contributed by atoms with Gasteiger partial charge in [-0.25, -0.2) is 13.2 Å². The van der Waals surface area contributed by atoms with Crippen LogP contribution in [0.1, 0.15) is 30.1 Å². The minimum Gasteiger partial charge on any atom is -0.416 e. The van der Waals surface area contributed by atoms with Gasteiger partial charge in [-0.2, -0.15) is 0 Å². The van der Waals surface area contributed by atoms with Crippen molar-refractivity contribution >= 4 is 27.4 Å². The van der Waals surface area contributed by atoms with E-state index in [1.54, 1.807) is 30.3 Å². The Morgan fingerprint density at radius 1 is 1.00 bits per heavy atom. The number of nitrogens with zero attached hydrogens (tertiary/aromatic N) is 2. The van der Waals surface area contributed by atoms with Gasteiger partial charge in [-0.15, -0.1) is 0 Å². The van der Waals surface area contributed by atoms with Crippen molar-refractivity contribution < 1.29 is 22.9 Å². The lowest BCUT2D eigenvalue weighted by Crippen LogP contribution is -2.32. The summed E-state index contributed by atoms with van der Waals surface area (Å²) in [5, 5.41) is 11.2. The minimum absolute atomic E-state index is 0.0345. The molecule has 0 bridgehead atoms. The summed E-state index contributed by atoms with van der Waals surface area (Å²) in [7, 11) is -3.96. The standard InChI is InChI=1S/C23H22N2O6S/c1-2-3-16-24(19-11-5-4-6-12-19)32(29,30)20-13-9-10-18(17-20)23(26)31-22-15-8-7-14-21(22)25(27)28/h4-15,17H,2-3,16H2,1H3. The molecule has 0 N–H and O–H groups in total. The molecule has 0 saturated carbocycles. The van der Waals surface area contributed by atoms with Crippen molar-refractivity contribution in [1.82, 2.24) is 0 Å². The van der Waals surface area contributed by atoms with E-state index in [1.165, 1.54) is 52.8 Å². The van der Waals surface area contributed by atoms with Crippen LogP contribution in [0.15, 0.2) is 83.8 Å². The van der Waals surface area contributed by atoms with Gasteiger partial charge in [0, 0.05) is 12.6 Å². The number of hydrogen-bond acceptors (Lipinski definition) is 6. The number of rotatable bonds is 9. The molecule has 8 nitrogen and oxygen atoms in total. The fraction of sp³-hybridized carbons (Fsp3) is 0.174. The van der Waals surface area contributed by atoms with Gasteiger partial charge in [0.05, 0.1) is 21.1 Å². The lowest BCUT2D eigenvalue weighted by Gasteiger charge is -2.24. The average molecular weight is 455 g/mol. The summed E-state index contributed by atoms with van der Waals surface area (Å²) in [6.45, 7) is 2.25. The highest BCUT2D eigenvalue weighted by atomic mass is 32.2. The van der Waals surface area contributed by atoms with Gasteiger partial charge in [0.25, 0.3) is 10.0 Å². The molecule has 3 rings (SSSR count). The molecule has 0 aliphatic carbocycles. The third-order valence-electron chi connectivity index (χ3n) is 4.68. The maximum Gasteiger partial charge on any atom is 0.343 e. The van der Waals surface area contributed by atoms with Gasteiger partial charge in [-0.3, -0.25) is 14.4 Å². The minimum atomic E-state index is -3.96. The molecule has 0 saturated heterocycles. The van der Waals surface area contributed by atoms with Gasteiger partial charge in [0.2, 0.25) is 5.75 Å². The van der Waals surface area contributed by atoms with E-state index in [0.717, 1.165) is 6.42 Å². The summed E-state index contributed by atoms with van der Waals surface area (Å²) >= 11 is 0. The Bertz CT molecular complexity index is 1210. The quantitative estimate of drug-likeness (QED) is 0.199. The fourth-order valence-corrected chi connectivity index (χ4v) is 4.60. The number of ether oxygens (including phenoxy) is 1. The number of nitro groups is 1. The molecule has 3 aromatic rings. The van der Waals surface area contributed by atoms with Crippen LogP contribution in [0.4, 0.5) is 11.4 Å². The molecule has 0 amide bonds. The van der Waals surface area contributed by atoms with Crippen LogP contribution in [0, 0.1) is 10.1 Å². The molecular formula is C23H22N2O6S. The van der Waals surface area contributed by atoms with Gasteiger partial charge >= 0.3 is 11.7 Å². The topological polar surface area (TPSA) is 107 Å². The number of para-hydroxylation sites is 3. The summed E-state index contributed by atoms with van der Waals surface area (Å²) in [4.78, 5) is 23.0. The van der Waals surface area contributed by atoms with Gasteiger partial charge < -0.3 is 4.74 Å². The summed E-state index contributed by atoms with van der Waals surface area (Å²) in [6.07, 6.45) is 1.47. The van der Waals surface area contributed by atoms with Crippen molar-refractivity contribution in [1.29, 1.82) is 0 Å². The predicted molar refractivity (Wildman–Crippen MR) is 120 cm³/mol. The third kappa shape index (κ3) is 5.12.